The molecule has 0 radical (unpaired) electrons. The summed E-state index contributed by atoms with van der Waals surface area (Å²) in [7, 11) is 0. The van der Waals surface area contributed by atoms with E-state index in [9.17, 15) is 9.59 Å². The lowest BCUT2D eigenvalue weighted by Gasteiger charge is -2.07. The zero-order chi connectivity index (χ0) is 19.4. The number of hydrogen-bond donors (Lipinski definition) is 0. The Morgan fingerprint density at radius 2 is 1.67 bits per heavy atom. The van der Waals surface area contributed by atoms with E-state index in [2.05, 4.69) is 20.9 Å². The summed E-state index contributed by atoms with van der Waals surface area (Å²) >= 11 is 3.42. The zero-order valence-electron chi connectivity index (χ0n) is 14.7. The van der Waals surface area contributed by atoms with Crippen LogP contribution in [0.25, 0.3) is 23.1 Å². The number of rotatable bonds is 4. The van der Waals surface area contributed by atoms with E-state index in [1.807, 2.05) is 36.4 Å². The van der Waals surface area contributed by atoms with E-state index in [1.54, 1.807) is 24.3 Å². The summed E-state index contributed by atoms with van der Waals surface area (Å²) in [6, 6.07) is 14.5. The third kappa shape index (κ3) is 4.80. The van der Waals surface area contributed by atoms with Crippen LogP contribution < -0.4 is 9.47 Å². The Hall–Kier alpha value is -2.99. The van der Waals surface area contributed by atoms with E-state index in [0.717, 1.165) is 15.4 Å². The van der Waals surface area contributed by atoms with Crippen LogP contribution in [0.4, 0.5) is 0 Å². The fraction of sp³-hybridized carbons (Fsp3) is 0.0952. The van der Waals surface area contributed by atoms with Gasteiger partial charge in [0.2, 0.25) is 0 Å². The first-order chi connectivity index (χ1) is 12.9. The molecule has 0 amide bonds. The first-order valence-electron chi connectivity index (χ1n) is 8.16. The highest BCUT2D eigenvalue weighted by atomic mass is 79.9. The van der Waals surface area contributed by atoms with Gasteiger partial charge < -0.3 is 9.47 Å². The molecule has 0 atom stereocenters. The summed E-state index contributed by atoms with van der Waals surface area (Å²) in [5, 5.41) is 0.869. The molecule has 27 heavy (non-hydrogen) atoms. The van der Waals surface area contributed by atoms with Crippen LogP contribution in [0.5, 0.6) is 11.5 Å². The predicted octanol–water partition coefficient (Wildman–Crippen LogP) is 5.02. The number of carbonyl (C=O) groups is 2. The number of nitrogens with zero attached hydrogens (tertiary/aromatic N) is 1. The van der Waals surface area contributed by atoms with Crippen molar-refractivity contribution in [2.45, 2.75) is 13.8 Å². The van der Waals surface area contributed by atoms with E-state index in [0.29, 0.717) is 22.7 Å². The van der Waals surface area contributed by atoms with Gasteiger partial charge >= 0.3 is 11.9 Å². The van der Waals surface area contributed by atoms with Gasteiger partial charge in [0, 0.05) is 29.3 Å². The summed E-state index contributed by atoms with van der Waals surface area (Å²) in [4.78, 5) is 27.2. The molecule has 0 saturated heterocycles. The summed E-state index contributed by atoms with van der Waals surface area (Å²) in [5.41, 5.74) is 2.01. The molecular formula is C21H16BrNO4. The molecule has 5 nitrogen and oxygen atoms in total. The third-order valence-corrected chi connectivity index (χ3v) is 4.11. The number of esters is 2. The van der Waals surface area contributed by atoms with Crippen molar-refractivity contribution < 1.29 is 19.1 Å². The lowest BCUT2D eigenvalue weighted by Crippen LogP contribution is -2.02. The minimum Gasteiger partial charge on any atom is -0.426 e. The maximum atomic E-state index is 11.3. The second kappa shape index (κ2) is 8.14. The van der Waals surface area contributed by atoms with E-state index in [1.165, 1.54) is 13.8 Å². The molecule has 3 rings (SSSR count). The van der Waals surface area contributed by atoms with Crippen LogP contribution >= 0.6 is 15.9 Å². The number of halogens is 1. The van der Waals surface area contributed by atoms with Crippen LogP contribution in [0.15, 0.2) is 53.0 Å². The van der Waals surface area contributed by atoms with Gasteiger partial charge in [-0.3, -0.25) is 9.59 Å². The minimum atomic E-state index is -0.398. The Kier molecular flexibility index (Phi) is 5.66. The second-order valence-electron chi connectivity index (χ2n) is 5.77. The maximum absolute atomic E-state index is 11.3. The fourth-order valence-electron chi connectivity index (χ4n) is 2.54. The van der Waals surface area contributed by atoms with Gasteiger partial charge in [-0.15, -0.1) is 0 Å². The van der Waals surface area contributed by atoms with Crippen LogP contribution in [0.3, 0.4) is 0 Å². The molecule has 0 spiro atoms. The molecule has 2 aromatic carbocycles. The standard InChI is InChI=1S/C21H16BrNO4/c1-13(24)26-19-11-8-17(22)12-16(19)7-10-18-9-6-15-4-3-5-20(21(15)23-18)27-14(2)25/h3-12H,1-2H3/b10-7+. The van der Waals surface area contributed by atoms with Gasteiger partial charge in [0.05, 0.1) is 5.69 Å². The van der Waals surface area contributed by atoms with Crippen molar-refractivity contribution in [2.75, 3.05) is 0 Å². The molecule has 0 aliphatic rings. The van der Waals surface area contributed by atoms with Crippen molar-refractivity contribution in [1.29, 1.82) is 0 Å². The number of carbonyl (C=O) groups excluding carboxylic acids is 2. The third-order valence-electron chi connectivity index (χ3n) is 3.62. The lowest BCUT2D eigenvalue weighted by molar-refractivity contribution is -0.132. The van der Waals surface area contributed by atoms with Gasteiger partial charge in [-0.25, -0.2) is 4.98 Å². The Bertz CT molecular complexity index is 1060. The molecule has 6 heteroatoms. The largest absolute Gasteiger partial charge is 0.426 e. The Balaban J connectivity index is 1.98. The Labute approximate surface area is 164 Å². The van der Waals surface area contributed by atoms with Crippen LogP contribution in [-0.4, -0.2) is 16.9 Å². The van der Waals surface area contributed by atoms with Gasteiger partial charge in [0.15, 0.2) is 5.75 Å². The summed E-state index contributed by atoms with van der Waals surface area (Å²) < 4.78 is 11.3. The molecule has 0 fully saturated rings. The van der Waals surface area contributed by atoms with Gasteiger partial charge in [-0.05, 0) is 42.5 Å². The molecule has 0 aliphatic carbocycles. The van der Waals surface area contributed by atoms with Crippen molar-refractivity contribution >= 4 is 50.9 Å². The van der Waals surface area contributed by atoms with Crippen molar-refractivity contribution in [3.8, 4) is 11.5 Å². The molecule has 3 aromatic rings. The number of para-hydroxylation sites is 1. The average Bonchev–Trinajstić information content (AvgIpc) is 2.61. The van der Waals surface area contributed by atoms with Gasteiger partial charge in [-0.1, -0.05) is 34.1 Å². The van der Waals surface area contributed by atoms with E-state index < -0.39 is 5.97 Å². The quantitative estimate of drug-likeness (QED) is 0.433. The monoisotopic (exact) mass is 425 g/mol. The van der Waals surface area contributed by atoms with Crippen molar-refractivity contribution in [3.05, 3.63) is 64.3 Å². The molecule has 0 bridgehead atoms. The van der Waals surface area contributed by atoms with Gasteiger partial charge in [0.1, 0.15) is 11.3 Å². The maximum Gasteiger partial charge on any atom is 0.308 e. The molecule has 1 heterocycles. The van der Waals surface area contributed by atoms with Crippen molar-refractivity contribution in [2.24, 2.45) is 0 Å². The van der Waals surface area contributed by atoms with Crippen molar-refractivity contribution in [3.63, 3.8) is 0 Å². The number of fused-ring (bicyclic) bond motifs is 1. The normalized spacial score (nSPS) is 10.9. The topological polar surface area (TPSA) is 65.5 Å². The van der Waals surface area contributed by atoms with E-state index in [-0.39, 0.29) is 5.97 Å². The number of aromatic nitrogens is 1. The molecule has 136 valence electrons. The predicted molar refractivity (Wildman–Crippen MR) is 107 cm³/mol. The summed E-state index contributed by atoms with van der Waals surface area (Å²) in [6.45, 7) is 2.71. The van der Waals surface area contributed by atoms with Crippen molar-refractivity contribution in [1.82, 2.24) is 4.98 Å². The summed E-state index contributed by atoms with van der Waals surface area (Å²) in [6.07, 6.45) is 3.62. The first kappa shape index (κ1) is 18.8. The number of ether oxygens (including phenoxy) is 2. The highest BCUT2D eigenvalue weighted by molar-refractivity contribution is 9.10. The molecule has 0 unspecified atom stereocenters. The fourth-order valence-corrected chi connectivity index (χ4v) is 2.92. The van der Waals surface area contributed by atoms with Crippen LogP contribution in [-0.2, 0) is 9.59 Å². The first-order valence-corrected chi connectivity index (χ1v) is 8.96. The molecule has 1 aromatic heterocycles. The van der Waals surface area contributed by atoms with Gasteiger partial charge in [-0.2, -0.15) is 0 Å². The van der Waals surface area contributed by atoms with E-state index >= 15 is 0 Å². The number of pyridine rings is 1. The zero-order valence-corrected chi connectivity index (χ0v) is 16.3. The minimum absolute atomic E-state index is 0.387. The average molecular weight is 426 g/mol. The molecule has 0 saturated carbocycles. The van der Waals surface area contributed by atoms with Crippen LogP contribution in [0.1, 0.15) is 25.1 Å². The van der Waals surface area contributed by atoms with Gasteiger partial charge in [0.25, 0.3) is 0 Å². The lowest BCUT2D eigenvalue weighted by atomic mass is 10.1. The molecule has 0 N–H and O–H groups in total. The smallest absolute Gasteiger partial charge is 0.308 e. The van der Waals surface area contributed by atoms with E-state index in [4.69, 9.17) is 9.47 Å². The van der Waals surface area contributed by atoms with Crippen LogP contribution in [0, 0.1) is 0 Å². The highest BCUT2D eigenvalue weighted by Gasteiger charge is 2.08. The number of hydrogen-bond acceptors (Lipinski definition) is 5. The Morgan fingerprint density at radius 3 is 2.41 bits per heavy atom. The molecule has 0 aliphatic heterocycles. The highest BCUT2D eigenvalue weighted by Crippen LogP contribution is 2.27. The summed E-state index contributed by atoms with van der Waals surface area (Å²) in [5.74, 6) is 0.0916. The Morgan fingerprint density at radius 1 is 0.926 bits per heavy atom. The SMILES string of the molecule is CC(=O)Oc1ccc(Br)cc1/C=C/c1ccc2cccc(OC(C)=O)c2n1. The second-order valence-corrected chi connectivity index (χ2v) is 6.68. The van der Waals surface area contributed by atoms with Crippen LogP contribution in [0.2, 0.25) is 0 Å². The molecular weight excluding hydrogens is 410 g/mol. The number of benzene rings is 2.